The number of methoxy groups -OCH3 is 2. The molecule has 29 heavy (non-hydrogen) atoms. The molecule has 0 aromatic heterocycles. The summed E-state index contributed by atoms with van der Waals surface area (Å²) in [5.74, 6) is 2.12. The Kier molecular flexibility index (Phi) is 7.78. The molecule has 0 unspecified atom stereocenters. The van der Waals surface area contributed by atoms with Crippen molar-refractivity contribution in [2.24, 2.45) is 5.92 Å². The number of likely N-dealkylation sites (tertiary alicyclic amines) is 1. The van der Waals surface area contributed by atoms with Crippen LogP contribution < -0.4 is 9.47 Å². The van der Waals surface area contributed by atoms with Crippen molar-refractivity contribution in [1.29, 1.82) is 0 Å². The van der Waals surface area contributed by atoms with E-state index in [-0.39, 0.29) is 5.91 Å². The van der Waals surface area contributed by atoms with Crippen LogP contribution in [0, 0.1) is 5.92 Å². The number of piperidine rings is 1. The predicted octanol–water partition coefficient (Wildman–Crippen LogP) is 4.36. The Labute approximate surface area is 177 Å². The Morgan fingerprint density at radius 1 is 1.07 bits per heavy atom. The predicted molar refractivity (Wildman–Crippen MR) is 114 cm³/mol. The summed E-state index contributed by atoms with van der Waals surface area (Å²) in [6, 6.07) is 13.3. The van der Waals surface area contributed by atoms with Gasteiger partial charge in [0.1, 0.15) is 11.5 Å². The van der Waals surface area contributed by atoms with Gasteiger partial charge in [-0.3, -0.25) is 4.79 Å². The van der Waals surface area contributed by atoms with Gasteiger partial charge in [-0.2, -0.15) is 0 Å². The molecule has 2 aromatic rings. The molecule has 1 aliphatic heterocycles. The smallest absolute Gasteiger partial charge is 0.227 e. The molecule has 0 aliphatic carbocycles. The average molecular weight is 418 g/mol. The van der Waals surface area contributed by atoms with E-state index in [1.807, 2.05) is 47.4 Å². The van der Waals surface area contributed by atoms with Crippen LogP contribution in [-0.4, -0.2) is 44.7 Å². The molecule has 5 nitrogen and oxygen atoms in total. The maximum atomic E-state index is 12.6. The Morgan fingerprint density at radius 3 is 2.34 bits per heavy atom. The number of ether oxygens (including phenoxy) is 3. The topological polar surface area (TPSA) is 48.0 Å². The number of carbonyl (C=O) groups is 1. The van der Waals surface area contributed by atoms with Gasteiger partial charge in [0.15, 0.2) is 0 Å². The number of amides is 1. The summed E-state index contributed by atoms with van der Waals surface area (Å²) in [7, 11) is 3.28. The van der Waals surface area contributed by atoms with E-state index < -0.39 is 0 Å². The zero-order chi connectivity index (χ0) is 20.6. The molecule has 0 atom stereocenters. The highest BCUT2D eigenvalue weighted by atomic mass is 35.5. The number of hydrogen-bond acceptors (Lipinski definition) is 4. The standard InChI is InChI=1S/C23H28ClNO4/c1-27-20-11-18(12-21(14-20)28-2)16-29-15-17-7-9-25(10-8-17)23(26)13-19-5-3-4-6-22(19)24/h3-6,11-12,14,17H,7-10,13,15-16H2,1-2H3. The second-order valence-electron chi connectivity index (χ2n) is 7.33. The first-order valence-corrected chi connectivity index (χ1v) is 10.3. The molecular weight excluding hydrogens is 390 g/mol. The van der Waals surface area contributed by atoms with Gasteiger partial charge in [0.05, 0.1) is 27.2 Å². The molecule has 1 aliphatic rings. The van der Waals surface area contributed by atoms with Crippen LogP contribution in [0.4, 0.5) is 0 Å². The molecular formula is C23H28ClNO4. The third-order valence-corrected chi connectivity index (χ3v) is 5.67. The van der Waals surface area contributed by atoms with Crippen molar-refractivity contribution in [1.82, 2.24) is 4.90 Å². The quantitative estimate of drug-likeness (QED) is 0.640. The molecule has 0 bridgehead atoms. The van der Waals surface area contributed by atoms with Gasteiger partial charge in [-0.05, 0) is 48.1 Å². The molecule has 0 radical (unpaired) electrons. The normalized spacial score (nSPS) is 14.7. The fourth-order valence-electron chi connectivity index (χ4n) is 3.56. The number of benzene rings is 2. The molecule has 0 saturated carbocycles. The maximum Gasteiger partial charge on any atom is 0.227 e. The Balaban J connectivity index is 1.42. The van der Waals surface area contributed by atoms with Crippen LogP contribution in [0.5, 0.6) is 11.5 Å². The first-order valence-electron chi connectivity index (χ1n) is 9.90. The minimum atomic E-state index is 0.140. The monoisotopic (exact) mass is 417 g/mol. The summed E-state index contributed by atoms with van der Waals surface area (Å²) >= 11 is 6.17. The van der Waals surface area contributed by atoms with E-state index in [4.69, 9.17) is 25.8 Å². The summed E-state index contributed by atoms with van der Waals surface area (Å²) < 4.78 is 16.5. The zero-order valence-electron chi connectivity index (χ0n) is 17.0. The highest BCUT2D eigenvalue weighted by Crippen LogP contribution is 2.24. The van der Waals surface area contributed by atoms with E-state index in [2.05, 4.69) is 0 Å². The van der Waals surface area contributed by atoms with Gasteiger partial charge < -0.3 is 19.1 Å². The van der Waals surface area contributed by atoms with E-state index in [1.54, 1.807) is 14.2 Å². The van der Waals surface area contributed by atoms with E-state index >= 15 is 0 Å². The summed E-state index contributed by atoms with van der Waals surface area (Å²) in [6.07, 6.45) is 2.27. The second-order valence-corrected chi connectivity index (χ2v) is 7.74. The minimum Gasteiger partial charge on any atom is -0.497 e. The molecule has 1 saturated heterocycles. The molecule has 2 aromatic carbocycles. The number of nitrogens with zero attached hydrogens (tertiary/aromatic N) is 1. The number of carbonyl (C=O) groups excluding carboxylic acids is 1. The van der Waals surface area contributed by atoms with Crippen molar-refractivity contribution in [3.05, 3.63) is 58.6 Å². The van der Waals surface area contributed by atoms with Crippen molar-refractivity contribution < 1.29 is 19.0 Å². The van der Waals surface area contributed by atoms with E-state index in [9.17, 15) is 4.79 Å². The van der Waals surface area contributed by atoms with Crippen molar-refractivity contribution in [3.8, 4) is 11.5 Å². The molecule has 0 N–H and O–H groups in total. The van der Waals surface area contributed by atoms with Crippen LogP contribution in [0.15, 0.2) is 42.5 Å². The molecule has 0 spiro atoms. The molecule has 156 valence electrons. The van der Waals surface area contributed by atoms with Gasteiger partial charge in [0.2, 0.25) is 5.91 Å². The highest BCUT2D eigenvalue weighted by Gasteiger charge is 2.23. The lowest BCUT2D eigenvalue weighted by Gasteiger charge is -2.32. The van der Waals surface area contributed by atoms with E-state index in [0.717, 1.165) is 48.6 Å². The van der Waals surface area contributed by atoms with E-state index in [1.165, 1.54) is 0 Å². The van der Waals surface area contributed by atoms with Crippen LogP contribution in [0.2, 0.25) is 5.02 Å². The van der Waals surface area contributed by atoms with Crippen LogP contribution >= 0.6 is 11.6 Å². The lowest BCUT2D eigenvalue weighted by molar-refractivity contribution is -0.132. The summed E-state index contributed by atoms with van der Waals surface area (Å²) in [5, 5.41) is 0.651. The second kappa shape index (κ2) is 10.5. The zero-order valence-corrected chi connectivity index (χ0v) is 17.8. The Bertz CT molecular complexity index is 796. The number of rotatable bonds is 8. The largest absolute Gasteiger partial charge is 0.497 e. The average Bonchev–Trinajstić information content (AvgIpc) is 2.75. The third kappa shape index (κ3) is 6.12. The lowest BCUT2D eigenvalue weighted by atomic mass is 9.97. The maximum absolute atomic E-state index is 12.6. The summed E-state index contributed by atoms with van der Waals surface area (Å²) in [6.45, 7) is 2.74. The van der Waals surface area contributed by atoms with Crippen molar-refractivity contribution in [2.45, 2.75) is 25.9 Å². The van der Waals surface area contributed by atoms with Crippen molar-refractivity contribution in [2.75, 3.05) is 33.9 Å². The van der Waals surface area contributed by atoms with Gasteiger partial charge in [0.25, 0.3) is 0 Å². The Morgan fingerprint density at radius 2 is 1.72 bits per heavy atom. The van der Waals surface area contributed by atoms with Crippen LogP contribution in [0.1, 0.15) is 24.0 Å². The van der Waals surface area contributed by atoms with Gasteiger partial charge in [0, 0.05) is 30.8 Å². The van der Waals surface area contributed by atoms with Crippen LogP contribution in [0.25, 0.3) is 0 Å². The van der Waals surface area contributed by atoms with Crippen molar-refractivity contribution >= 4 is 17.5 Å². The van der Waals surface area contributed by atoms with Crippen molar-refractivity contribution in [3.63, 3.8) is 0 Å². The fourth-order valence-corrected chi connectivity index (χ4v) is 3.76. The minimum absolute atomic E-state index is 0.140. The highest BCUT2D eigenvalue weighted by molar-refractivity contribution is 6.31. The summed E-state index contributed by atoms with van der Waals surface area (Å²) in [5.41, 5.74) is 1.91. The first kappa shape index (κ1) is 21.5. The van der Waals surface area contributed by atoms with E-state index in [0.29, 0.717) is 30.6 Å². The SMILES string of the molecule is COc1cc(COCC2CCN(C(=O)Cc3ccccc3Cl)CC2)cc(OC)c1. The van der Waals surface area contributed by atoms with Crippen LogP contribution in [0.3, 0.4) is 0 Å². The molecule has 1 amide bonds. The number of hydrogen-bond donors (Lipinski definition) is 0. The Hall–Kier alpha value is -2.24. The number of halogens is 1. The van der Waals surface area contributed by atoms with Gasteiger partial charge in [-0.25, -0.2) is 0 Å². The molecule has 6 heteroatoms. The van der Waals surface area contributed by atoms with Gasteiger partial charge >= 0.3 is 0 Å². The van der Waals surface area contributed by atoms with Crippen LogP contribution in [-0.2, 0) is 22.6 Å². The third-order valence-electron chi connectivity index (χ3n) is 5.30. The summed E-state index contributed by atoms with van der Waals surface area (Å²) in [4.78, 5) is 14.5. The first-order chi connectivity index (χ1) is 14.1. The molecule has 3 rings (SSSR count). The molecule has 1 fully saturated rings. The van der Waals surface area contributed by atoms with Gasteiger partial charge in [-0.1, -0.05) is 29.8 Å². The fraction of sp³-hybridized carbons (Fsp3) is 0.435. The lowest BCUT2D eigenvalue weighted by Crippen LogP contribution is -2.40. The van der Waals surface area contributed by atoms with Gasteiger partial charge in [-0.15, -0.1) is 0 Å². The molecule has 1 heterocycles.